The number of nitrogens with one attached hydrogen (secondary N) is 1. The predicted molar refractivity (Wildman–Crippen MR) is 156 cm³/mol. The van der Waals surface area contributed by atoms with E-state index >= 15 is 0 Å². The van der Waals surface area contributed by atoms with E-state index in [0.29, 0.717) is 11.5 Å². The number of aliphatic carboxylic acids is 1. The van der Waals surface area contributed by atoms with Crippen LogP contribution in [0, 0.1) is 12.8 Å². The lowest BCUT2D eigenvalue weighted by Gasteiger charge is -2.31. The quantitative estimate of drug-likeness (QED) is 0.297. The van der Waals surface area contributed by atoms with Gasteiger partial charge in [0.25, 0.3) is 5.91 Å². The summed E-state index contributed by atoms with van der Waals surface area (Å²) in [7, 11) is 0. The minimum atomic E-state index is -0.936. The van der Waals surface area contributed by atoms with Gasteiger partial charge in [0, 0.05) is 18.0 Å². The Kier molecular flexibility index (Phi) is 9.11. The van der Waals surface area contributed by atoms with Crippen LogP contribution < -0.4 is 10.1 Å². The van der Waals surface area contributed by atoms with Crippen molar-refractivity contribution < 1.29 is 19.4 Å². The first-order valence-corrected chi connectivity index (χ1v) is 14.1. The summed E-state index contributed by atoms with van der Waals surface area (Å²) in [6.07, 6.45) is 5.84. The second-order valence-corrected chi connectivity index (χ2v) is 11.8. The molecule has 1 aliphatic carbocycles. The number of carbonyl (C=O) groups excluding carboxylic acids is 1. The molecule has 1 aliphatic rings. The van der Waals surface area contributed by atoms with Crippen LogP contribution in [0.2, 0.25) is 0 Å². The molecule has 2 N–H and O–H groups in total. The van der Waals surface area contributed by atoms with Crippen LogP contribution in [0.4, 0.5) is 0 Å². The molecule has 3 aromatic carbocycles. The van der Waals surface area contributed by atoms with E-state index in [1.54, 1.807) is 12.1 Å². The van der Waals surface area contributed by atoms with Crippen molar-refractivity contribution >= 4 is 11.9 Å². The van der Waals surface area contributed by atoms with Gasteiger partial charge in [-0.2, -0.15) is 0 Å². The number of carbonyl (C=O) groups is 2. The van der Waals surface area contributed by atoms with Crippen LogP contribution in [0.25, 0.3) is 11.1 Å². The maximum atomic E-state index is 12.3. The zero-order valence-corrected chi connectivity index (χ0v) is 23.6. The predicted octanol–water partition coefficient (Wildman–Crippen LogP) is 7.86. The Bertz CT molecular complexity index is 1270. The highest BCUT2D eigenvalue weighted by Crippen LogP contribution is 2.39. The first kappa shape index (κ1) is 28.4. The third-order valence-corrected chi connectivity index (χ3v) is 7.72. The van der Waals surface area contributed by atoms with Crippen LogP contribution in [-0.2, 0) is 10.2 Å². The summed E-state index contributed by atoms with van der Waals surface area (Å²) in [5, 5.41) is 11.4. The van der Waals surface area contributed by atoms with Gasteiger partial charge in [0.15, 0.2) is 0 Å². The summed E-state index contributed by atoms with van der Waals surface area (Å²) in [5.41, 5.74) is 6.82. The van der Waals surface area contributed by atoms with E-state index in [4.69, 9.17) is 9.84 Å². The fraction of sp³-hybridized carbons (Fsp3) is 0.412. The Labute approximate surface area is 232 Å². The number of rotatable bonds is 9. The Morgan fingerprint density at radius 3 is 2.21 bits per heavy atom. The molecule has 0 aromatic heterocycles. The largest absolute Gasteiger partial charge is 0.485 e. The molecule has 1 saturated carbocycles. The summed E-state index contributed by atoms with van der Waals surface area (Å²) in [4.78, 5) is 23.0. The molecule has 3 aromatic rings. The minimum absolute atomic E-state index is 0.0587. The van der Waals surface area contributed by atoms with Crippen molar-refractivity contribution in [3.8, 4) is 16.9 Å². The first-order chi connectivity index (χ1) is 18.6. The van der Waals surface area contributed by atoms with E-state index in [1.165, 1.54) is 47.1 Å². The molecule has 39 heavy (non-hydrogen) atoms. The van der Waals surface area contributed by atoms with Gasteiger partial charge in [-0.05, 0) is 77.3 Å². The molecule has 1 fully saturated rings. The number of benzene rings is 3. The zero-order valence-electron chi connectivity index (χ0n) is 23.6. The second-order valence-electron chi connectivity index (χ2n) is 11.8. The summed E-state index contributed by atoms with van der Waals surface area (Å²) in [5.74, 6) is -0.0517. The normalized spacial score (nSPS) is 15.0. The van der Waals surface area contributed by atoms with Crippen molar-refractivity contribution in [1.82, 2.24) is 5.32 Å². The summed E-state index contributed by atoms with van der Waals surface area (Å²) in [6, 6.07) is 22.7. The van der Waals surface area contributed by atoms with Gasteiger partial charge in [-0.25, -0.2) is 0 Å². The van der Waals surface area contributed by atoms with Crippen LogP contribution in [0.3, 0.4) is 0 Å². The number of hydrogen-bond donors (Lipinski definition) is 2. The number of hydrogen-bond acceptors (Lipinski definition) is 3. The second kappa shape index (κ2) is 12.5. The minimum Gasteiger partial charge on any atom is -0.485 e. The number of amides is 1. The van der Waals surface area contributed by atoms with Crippen LogP contribution in [0.1, 0.15) is 92.4 Å². The van der Waals surface area contributed by atoms with Crippen molar-refractivity contribution in [2.75, 3.05) is 6.54 Å². The van der Waals surface area contributed by atoms with Gasteiger partial charge in [0.1, 0.15) is 11.9 Å². The molecular formula is C34H41NO4. The van der Waals surface area contributed by atoms with Gasteiger partial charge in [-0.15, -0.1) is 0 Å². The van der Waals surface area contributed by atoms with E-state index in [-0.39, 0.29) is 30.4 Å². The van der Waals surface area contributed by atoms with Crippen LogP contribution >= 0.6 is 0 Å². The van der Waals surface area contributed by atoms with Gasteiger partial charge in [-0.1, -0.05) is 82.5 Å². The highest BCUT2D eigenvalue weighted by molar-refractivity contribution is 5.94. The van der Waals surface area contributed by atoms with Crippen molar-refractivity contribution in [2.24, 2.45) is 5.92 Å². The lowest BCUT2D eigenvalue weighted by molar-refractivity contribution is -0.136. The van der Waals surface area contributed by atoms with Gasteiger partial charge < -0.3 is 15.2 Å². The molecule has 0 bridgehead atoms. The number of carboxylic acids is 1. The number of carboxylic acid groups (broad SMARTS) is 1. The molecule has 0 saturated heterocycles. The van der Waals surface area contributed by atoms with E-state index in [2.05, 4.69) is 75.5 Å². The van der Waals surface area contributed by atoms with E-state index in [9.17, 15) is 9.59 Å². The van der Waals surface area contributed by atoms with E-state index in [1.807, 2.05) is 12.1 Å². The number of aryl methyl sites for hydroxylation is 1. The summed E-state index contributed by atoms with van der Waals surface area (Å²) < 4.78 is 6.63. The Balaban J connectivity index is 1.53. The molecule has 4 rings (SSSR count). The standard InChI is InChI=1S/C34H41NO4/c1-23-22-27(14-19-30(23)24-10-15-28(16-11-24)34(2,3)4)32(25-8-6-5-7-9-25)39-29-17-12-26(13-18-29)33(38)35-21-20-31(36)37/h10-19,22,25,32H,5-9,20-21H2,1-4H3,(H,35,38)(H,36,37)/t32-/m1/s1. The van der Waals surface area contributed by atoms with Gasteiger partial charge in [-0.3, -0.25) is 9.59 Å². The fourth-order valence-corrected chi connectivity index (χ4v) is 5.43. The molecule has 0 aliphatic heterocycles. The Morgan fingerprint density at radius 1 is 0.949 bits per heavy atom. The van der Waals surface area contributed by atoms with E-state index < -0.39 is 5.97 Å². The van der Waals surface area contributed by atoms with Crippen molar-refractivity contribution in [2.45, 2.75) is 77.7 Å². The maximum absolute atomic E-state index is 12.3. The molecule has 1 amide bonds. The van der Waals surface area contributed by atoms with Crippen molar-refractivity contribution in [1.29, 1.82) is 0 Å². The topological polar surface area (TPSA) is 75.6 Å². The summed E-state index contributed by atoms with van der Waals surface area (Å²) in [6.45, 7) is 8.98. The van der Waals surface area contributed by atoms with Crippen molar-refractivity contribution in [3.63, 3.8) is 0 Å². The smallest absolute Gasteiger partial charge is 0.305 e. The Hall–Kier alpha value is -3.60. The molecule has 0 radical (unpaired) electrons. The Morgan fingerprint density at radius 2 is 1.62 bits per heavy atom. The highest BCUT2D eigenvalue weighted by Gasteiger charge is 2.27. The lowest BCUT2D eigenvalue weighted by atomic mass is 9.81. The first-order valence-electron chi connectivity index (χ1n) is 14.1. The molecule has 5 nitrogen and oxygen atoms in total. The van der Waals surface area contributed by atoms with Gasteiger partial charge in [0.05, 0.1) is 6.42 Å². The molecule has 5 heteroatoms. The van der Waals surface area contributed by atoms with Crippen LogP contribution in [0.15, 0.2) is 66.7 Å². The third-order valence-electron chi connectivity index (χ3n) is 7.72. The van der Waals surface area contributed by atoms with Crippen LogP contribution in [0.5, 0.6) is 5.75 Å². The van der Waals surface area contributed by atoms with Gasteiger partial charge >= 0.3 is 5.97 Å². The zero-order chi connectivity index (χ0) is 28.0. The average molecular weight is 528 g/mol. The molecular weight excluding hydrogens is 486 g/mol. The molecule has 0 unspecified atom stereocenters. The fourth-order valence-electron chi connectivity index (χ4n) is 5.43. The highest BCUT2D eigenvalue weighted by atomic mass is 16.5. The van der Waals surface area contributed by atoms with Crippen LogP contribution in [-0.4, -0.2) is 23.5 Å². The molecule has 1 atom stereocenters. The van der Waals surface area contributed by atoms with Crippen molar-refractivity contribution in [3.05, 3.63) is 89.0 Å². The van der Waals surface area contributed by atoms with Gasteiger partial charge in [0.2, 0.25) is 0 Å². The maximum Gasteiger partial charge on any atom is 0.305 e. The molecule has 206 valence electrons. The molecule has 0 spiro atoms. The lowest BCUT2D eigenvalue weighted by Crippen LogP contribution is -2.26. The number of ether oxygens (including phenoxy) is 1. The van der Waals surface area contributed by atoms with E-state index in [0.717, 1.165) is 18.6 Å². The SMILES string of the molecule is Cc1cc([C@H](Oc2ccc(C(=O)NCCC(=O)O)cc2)C2CCCCC2)ccc1-c1ccc(C(C)(C)C)cc1. The average Bonchev–Trinajstić information content (AvgIpc) is 2.92. The third kappa shape index (κ3) is 7.50. The molecule has 0 heterocycles. The monoisotopic (exact) mass is 527 g/mol. The summed E-state index contributed by atoms with van der Waals surface area (Å²) >= 11 is 0.